The predicted molar refractivity (Wildman–Crippen MR) is 41.5 cm³/mol. The van der Waals surface area contributed by atoms with E-state index in [1.54, 1.807) is 0 Å². The van der Waals surface area contributed by atoms with Gasteiger partial charge in [-0.1, -0.05) is 0 Å². The summed E-state index contributed by atoms with van der Waals surface area (Å²) in [5.74, 6) is 0. The summed E-state index contributed by atoms with van der Waals surface area (Å²) in [5, 5.41) is 0. The number of hydrogen-bond acceptors (Lipinski definition) is 4. The summed E-state index contributed by atoms with van der Waals surface area (Å²) in [4.78, 5) is 0. The zero-order valence-electron chi connectivity index (χ0n) is 4.54. The minimum absolute atomic E-state index is 0. The van der Waals surface area contributed by atoms with E-state index in [4.69, 9.17) is 26.6 Å². The molecule has 74 valence electrons. The Bertz CT molecular complexity index is 211. The molecule has 0 aromatic rings. The Labute approximate surface area is 88.9 Å². The first-order valence-electron chi connectivity index (χ1n) is 1.40. The molecule has 0 saturated carbocycles. The van der Waals surface area contributed by atoms with Crippen LogP contribution >= 0.6 is 0 Å². The maximum Gasteiger partial charge on any atom is 1.00 e. The van der Waals surface area contributed by atoms with Gasteiger partial charge in [0.05, 0.1) is 0 Å². The third-order valence-corrected chi connectivity index (χ3v) is 0. The molecule has 0 radical (unpaired) electrons. The first-order valence-corrected chi connectivity index (χ1v) is 6.19. The van der Waals surface area contributed by atoms with Crippen LogP contribution < -0.4 is 0 Å². The molecule has 0 aliphatic carbocycles. The first-order chi connectivity index (χ1) is 4.00. The molecule has 4 N–H and O–H groups in total. The van der Waals surface area contributed by atoms with Crippen molar-refractivity contribution in [3.63, 3.8) is 0 Å². The van der Waals surface area contributed by atoms with Gasteiger partial charge in [-0.05, 0) is 0 Å². The van der Waals surface area contributed by atoms with Crippen LogP contribution in [-0.4, -0.2) is 26.6 Å². The summed E-state index contributed by atoms with van der Waals surface area (Å²) in [6.45, 7) is 0. The summed E-state index contributed by atoms with van der Waals surface area (Å²) in [7, 11) is -7.67. The van der Waals surface area contributed by atoms with Crippen LogP contribution in [0.1, 0.15) is 0 Å². The molecule has 0 bridgehead atoms. The van der Waals surface area contributed by atoms with Gasteiger partial charge in [-0.25, -0.2) is 0 Å². The maximum atomic E-state index is 9.11. The number of hydrogen-bond donors (Lipinski definition) is 4. The molecule has 0 rings (SSSR count). The van der Waals surface area contributed by atoms with Gasteiger partial charge >= 0.3 is 22.4 Å². The molecule has 0 fully saturated rings. The second kappa shape index (κ2) is 6.80. The average molecular weight is 425 g/mol. The van der Waals surface area contributed by atoms with E-state index in [1.807, 2.05) is 0 Å². The molecule has 0 heterocycles. The van der Waals surface area contributed by atoms with Crippen molar-refractivity contribution >= 4 is 40.5 Å². The van der Waals surface area contributed by atoms with E-state index in [9.17, 15) is 0 Å². The molecule has 0 aromatic carbocycles. The van der Waals surface area contributed by atoms with Crippen LogP contribution in [0.15, 0.2) is 0 Å². The molecule has 0 aliphatic heterocycles. The van der Waals surface area contributed by atoms with E-state index in [2.05, 4.69) is 22.4 Å². The fourth-order valence-electron chi connectivity index (χ4n) is 0. The van der Waals surface area contributed by atoms with Gasteiger partial charge in [0, 0.05) is 22.4 Å². The van der Waals surface area contributed by atoms with E-state index in [0.29, 0.717) is 0 Å². The normalized spacial score (nSPS) is 10.5. The summed E-state index contributed by atoms with van der Waals surface area (Å²) < 4.78 is 47.9. The van der Waals surface area contributed by atoms with Gasteiger partial charge in [-0.2, -0.15) is 8.42 Å². The Kier molecular flexibility index (Phi) is 11.2. The van der Waals surface area contributed by atoms with Crippen LogP contribution in [0.5, 0.6) is 0 Å². The van der Waals surface area contributed by atoms with Gasteiger partial charge in [0.25, 0.3) is 18.1 Å². The molecule has 0 spiro atoms. The molecule has 6 nitrogen and oxygen atoms in total. The van der Waals surface area contributed by atoms with Crippen molar-refractivity contribution in [1.82, 2.24) is 0 Å². The molecule has 0 saturated heterocycles. The number of rotatable bonds is 0. The molecular weight excluding hydrogens is 421 g/mol. The van der Waals surface area contributed by atoms with E-state index < -0.39 is 18.1 Å². The van der Waals surface area contributed by atoms with Gasteiger partial charge in [0.1, 0.15) is 0 Å². The monoisotopic (exact) mass is 425 g/mol. The SMILES string of the molecule is O=S(O)(O)=S.O=S(O)(O)=S.[Au+]. The van der Waals surface area contributed by atoms with Gasteiger partial charge in [-0.15, -0.1) is 0 Å². The van der Waals surface area contributed by atoms with Crippen molar-refractivity contribution in [2.45, 2.75) is 0 Å². The summed E-state index contributed by atoms with van der Waals surface area (Å²) in [5.41, 5.74) is 0. The predicted octanol–water partition coefficient (Wildman–Crippen LogP) is -0.645. The van der Waals surface area contributed by atoms with Gasteiger partial charge < -0.3 is 0 Å². The zero-order valence-corrected chi connectivity index (χ0v) is 9.97. The van der Waals surface area contributed by atoms with Crippen LogP contribution in [0.2, 0.25) is 0 Å². The van der Waals surface area contributed by atoms with Crippen molar-refractivity contribution in [2.24, 2.45) is 0 Å². The van der Waals surface area contributed by atoms with Crippen LogP contribution in [0, 0.1) is 0 Å². The summed E-state index contributed by atoms with van der Waals surface area (Å²) >= 11 is 6.93. The van der Waals surface area contributed by atoms with Crippen molar-refractivity contribution < 1.29 is 49.0 Å². The minimum atomic E-state index is -3.83. The topological polar surface area (TPSA) is 115 Å². The zero-order chi connectivity index (χ0) is 9.00. The summed E-state index contributed by atoms with van der Waals surface area (Å²) in [6, 6.07) is 0. The van der Waals surface area contributed by atoms with Crippen molar-refractivity contribution in [1.29, 1.82) is 0 Å². The van der Waals surface area contributed by atoms with Crippen molar-refractivity contribution in [3.8, 4) is 0 Å². The van der Waals surface area contributed by atoms with Gasteiger partial charge in [0.15, 0.2) is 0 Å². The van der Waals surface area contributed by atoms with E-state index in [1.165, 1.54) is 0 Å². The molecule has 0 unspecified atom stereocenters. The molecular formula is H4AuO6S4+. The third-order valence-electron chi connectivity index (χ3n) is 0. The second-order valence-electron chi connectivity index (χ2n) is 0.896. The Balaban J connectivity index is -0.000000107. The minimum Gasteiger partial charge on any atom is -0.285 e. The summed E-state index contributed by atoms with van der Waals surface area (Å²) in [6.07, 6.45) is 0. The quantitative estimate of drug-likeness (QED) is 0.379. The van der Waals surface area contributed by atoms with Gasteiger partial charge in [0.2, 0.25) is 0 Å². The van der Waals surface area contributed by atoms with Crippen molar-refractivity contribution in [3.05, 3.63) is 0 Å². The maximum absolute atomic E-state index is 9.11. The average Bonchev–Trinajstić information content (AvgIpc) is 1.12. The smallest absolute Gasteiger partial charge is 0.285 e. The molecule has 11 heteroatoms. The Morgan fingerprint density at radius 2 is 0.818 bits per heavy atom. The second-order valence-corrected chi connectivity index (χ2v) is 5.29. The van der Waals surface area contributed by atoms with Crippen LogP contribution in [0.3, 0.4) is 0 Å². The van der Waals surface area contributed by atoms with E-state index in [-0.39, 0.29) is 22.4 Å². The standard InChI is InChI=1S/Au.2H2O3S2/c;2*1-5(2,3)4/h;2*(H2,1,2,3,4)/q+1;;. The molecule has 0 amide bonds. The van der Waals surface area contributed by atoms with Gasteiger partial charge in [-0.3, -0.25) is 18.2 Å². The van der Waals surface area contributed by atoms with Crippen molar-refractivity contribution in [2.75, 3.05) is 0 Å². The molecule has 0 atom stereocenters. The van der Waals surface area contributed by atoms with Crippen LogP contribution in [0.4, 0.5) is 0 Å². The first kappa shape index (κ1) is 18.2. The third kappa shape index (κ3) is 564. The molecule has 0 aliphatic rings. The molecule has 0 aromatic heterocycles. The van der Waals surface area contributed by atoms with E-state index >= 15 is 0 Å². The molecule has 11 heavy (non-hydrogen) atoms. The van der Waals surface area contributed by atoms with Crippen LogP contribution in [0.25, 0.3) is 0 Å². The Morgan fingerprint density at radius 1 is 0.818 bits per heavy atom. The fourth-order valence-corrected chi connectivity index (χ4v) is 0. The fraction of sp³-hybridized carbons (Fsp3) is 0. The Hall–Kier alpha value is 1.32. The Morgan fingerprint density at radius 3 is 0.818 bits per heavy atom. The largest absolute Gasteiger partial charge is 1.00 e. The van der Waals surface area contributed by atoms with E-state index in [0.717, 1.165) is 0 Å². The van der Waals surface area contributed by atoms with Crippen LogP contribution in [-0.2, 0) is 62.9 Å².